The quantitative estimate of drug-likeness (QED) is 0.849. The molecule has 1 aliphatic heterocycles. The number of nitrogens with one attached hydrogen (secondary N) is 2. The van der Waals surface area contributed by atoms with Gasteiger partial charge in [-0.15, -0.1) is 0 Å². The summed E-state index contributed by atoms with van der Waals surface area (Å²) in [6.07, 6.45) is -3.63. The zero-order chi connectivity index (χ0) is 13.2. The van der Waals surface area contributed by atoms with Crippen molar-refractivity contribution in [1.29, 1.82) is 0 Å². The summed E-state index contributed by atoms with van der Waals surface area (Å²) < 4.78 is 37.5. The second-order valence-corrected chi connectivity index (χ2v) is 4.24. The maximum absolute atomic E-state index is 12.5. The number of rotatable bonds is 2. The van der Waals surface area contributed by atoms with Gasteiger partial charge in [0.25, 0.3) is 5.91 Å². The molecule has 1 fully saturated rings. The van der Waals surface area contributed by atoms with Crippen molar-refractivity contribution in [3.8, 4) is 0 Å². The van der Waals surface area contributed by atoms with E-state index in [-0.39, 0.29) is 11.6 Å². The first-order valence-electron chi connectivity index (χ1n) is 5.65. The molecule has 0 aliphatic carbocycles. The van der Waals surface area contributed by atoms with Gasteiger partial charge in [0, 0.05) is 18.2 Å². The molecule has 18 heavy (non-hydrogen) atoms. The molecular formula is C12H13F3N2O. The van der Waals surface area contributed by atoms with Crippen LogP contribution in [0.1, 0.15) is 22.3 Å². The number of carbonyl (C=O) groups is 1. The lowest BCUT2D eigenvalue weighted by Gasteiger charge is -2.12. The highest BCUT2D eigenvalue weighted by molar-refractivity contribution is 5.94. The van der Waals surface area contributed by atoms with Crippen molar-refractivity contribution in [1.82, 2.24) is 10.6 Å². The molecule has 1 aromatic carbocycles. The summed E-state index contributed by atoms with van der Waals surface area (Å²) >= 11 is 0. The van der Waals surface area contributed by atoms with Crippen LogP contribution < -0.4 is 10.6 Å². The molecule has 0 unspecified atom stereocenters. The highest BCUT2D eigenvalue weighted by Gasteiger charge is 2.31. The van der Waals surface area contributed by atoms with Crippen LogP contribution in [-0.2, 0) is 6.18 Å². The van der Waals surface area contributed by atoms with Crippen molar-refractivity contribution in [3.05, 3.63) is 35.4 Å². The second-order valence-electron chi connectivity index (χ2n) is 4.24. The van der Waals surface area contributed by atoms with Crippen LogP contribution in [0.25, 0.3) is 0 Å². The average molecular weight is 258 g/mol. The van der Waals surface area contributed by atoms with E-state index in [1.807, 2.05) is 0 Å². The molecule has 3 nitrogen and oxygen atoms in total. The van der Waals surface area contributed by atoms with Gasteiger partial charge in [-0.3, -0.25) is 4.79 Å². The fraction of sp³-hybridized carbons (Fsp3) is 0.417. The number of hydrogen-bond acceptors (Lipinski definition) is 2. The molecule has 1 saturated heterocycles. The number of hydrogen-bond donors (Lipinski definition) is 2. The van der Waals surface area contributed by atoms with Gasteiger partial charge in [0.1, 0.15) is 0 Å². The van der Waals surface area contributed by atoms with Crippen LogP contribution in [0.5, 0.6) is 0 Å². The van der Waals surface area contributed by atoms with Gasteiger partial charge >= 0.3 is 6.18 Å². The van der Waals surface area contributed by atoms with Crippen LogP contribution in [0.4, 0.5) is 13.2 Å². The third-order valence-electron chi connectivity index (χ3n) is 2.85. The van der Waals surface area contributed by atoms with E-state index in [1.54, 1.807) is 0 Å². The first kappa shape index (κ1) is 12.9. The number of carbonyl (C=O) groups excluding carboxylic acids is 1. The monoisotopic (exact) mass is 258 g/mol. The highest BCUT2D eigenvalue weighted by Crippen LogP contribution is 2.29. The van der Waals surface area contributed by atoms with Crippen molar-refractivity contribution < 1.29 is 18.0 Å². The lowest BCUT2D eigenvalue weighted by atomic mass is 10.1. The van der Waals surface area contributed by atoms with Crippen molar-refractivity contribution >= 4 is 5.91 Å². The standard InChI is InChI=1S/C12H13F3N2O/c13-12(14,15)9-3-1-2-8(6-9)11(18)17-10-4-5-16-7-10/h1-3,6,10,16H,4-5,7H2,(H,17,18)/t10-/m1/s1. The van der Waals surface area contributed by atoms with Gasteiger partial charge in [-0.2, -0.15) is 13.2 Å². The molecule has 1 aliphatic rings. The zero-order valence-corrected chi connectivity index (χ0v) is 9.55. The summed E-state index contributed by atoms with van der Waals surface area (Å²) in [6.45, 7) is 1.47. The van der Waals surface area contributed by atoms with E-state index < -0.39 is 17.6 Å². The van der Waals surface area contributed by atoms with Gasteiger partial charge in [0.15, 0.2) is 0 Å². The lowest BCUT2D eigenvalue weighted by Crippen LogP contribution is -2.36. The molecule has 0 radical (unpaired) electrons. The summed E-state index contributed by atoms with van der Waals surface area (Å²) in [5.74, 6) is -0.463. The Kier molecular flexibility index (Phi) is 3.56. The van der Waals surface area contributed by atoms with Gasteiger partial charge in [-0.1, -0.05) is 6.07 Å². The fourth-order valence-electron chi connectivity index (χ4n) is 1.88. The largest absolute Gasteiger partial charge is 0.416 e. The number of benzene rings is 1. The van der Waals surface area contributed by atoms with E-state index in [4.69, 9.17) is 0 Å². The van der Waals surface area contributed by atoms with Crippen molar-refractivity contribution in [2.75, 3.05) is 13.1 Å². The van der Waals surface area contributed by atoms with E-state index in [1.165, 1.54) is 12.1 Å². The normalized spacial score (nSPS) is 19.8. The molecule has 0 saturated carbocycles. The Hall–Kier alpha value is -1.56. The van der Waals surface area contributed by atoms with Gasteiger partial charge in [0.05, 0.1) is 5.56 Å². The topological polar surface area (TPSA) is 41.1 Å². The smallest absolute Gasteiger partial charge is 0.348 e. The van der Waals surface area contributed by atoms with E-state index in [9.17, 15) is 18.0 Å². The molecule has 0 bridgehead atoms. The zero-order valence-electron chi connectivity index (χ0n) is 9.55. The Balaban J connectivity index is 2.10. The predicted octanol–water partition coefficient (Wildman–Crippen LogP) is 1.80. The Labute approximate surface area is 102 Å². The van der Waals surface area contributed by atoms with Crippen molar-refractivity contribution in [2.24, 2.45) is 0 Å². The third-order valence-corrected chi connectivity index (χ3v) is 2.85. The van der Waals surface area contributed by atoms with Crippen LogP contribution in [0.3, 0.4) is 0 Å². The van der Waals surface area contributed by atoms with Crippen LogP contribution in [0.2, 0.25) is 0 Å². The number of alkyl halides is 3. The van der Waals surface area contributed by atoms with Crippen LogP contribution in [0.15, 0.2) is 24.3 Å². The van der Waals surface area contributed by atoms with Gasteiger partial charge < -0.3 is 10.6 Å². The first-order valence-corrected chi connectivity index (χ1v) is 5.65. The Morgan fingerprint density at radius 3 is 2.78 bits per heavy atom. The summed E-state index contributed by atoms with van der Waals surface area (Å²) in [4.78, 5) is 11.8. The molecule has 1 aromatic rings. The van der Waals surface area contributed by atoms with Crippen LogP contribution in [0, 0.1) is 0 Å². The minimum atomic E-state index is -4.43. The SMILES string of the molecule is O=C(N[C@@H]1CCNC1)c1cccc(C(F)(F)F)c1. The van der Waals surface area contributed by atoms with E-state index in [0.29, 0.717) is 6.54 Å². The maximum atomic E-state index is 12.5. The molecular weight excluding hydrogens is 245 g/mol. The average Bonchev–Trinajstić information content (AvgIpc) is 2.81. The molecule has 1 atom stereocenters. The molecule has 0 aromatic heterocycles. The molecule has 98 valence electrons. The Bertz CT molecular complexity index is 439. The summed E-state index contributed by atoms with van der Waals surface area (Å²) in [6, 6.07) is 4.44. The van der Waals surface area contributed by atoms with Crippen LogP contribution in [-0.4, -0.2) is 25.0 Å². The Morgan fingerprint density at radius 1 is 1.39 bits per heavy atom. The molecule has 2 N–H and O–H groups in total. The summed E-state index contributed by atoms with van der Waals surface area (Å²) in [7, 11) is 0. The minimum Gasteiger partial charge on any atom is -0.348 e. The van der Waals surface area contributed by atoms with Gasteiger partial charge in [0.2, 0.25) is 0 Å². The number of halogens is 3. The molecule has 0 spiro atoms. The summed E-state index contributed by atoms with van der Waals surface area (Å²) in [5, 5.41) is 5.78. The third kappa shape index (κ3) is 3.01. The highest BCUT2D eigenvalue weighted by atomic mass is 19.4. The first-order chi connectivity index (χ1) is 8.47. The van der Waals surface area contributed by atoms with Crippen molar-refractivity contribution in [2.45, 2.75) is 18.6 Å². The fourth-order valence-corrected chi connectivity index (χ4v) is 1.88. The molecule has 1 heterocycles. The van der Waals surface area contributed by atoms with Gasteiger partial charge in [-0.25, -0.2) is 0 Å². The molecule has 1 amide bonds. The van der Waals surface area contributed by atoms with E-state index >= 15 is 0 Å². The maximum Gasteiger partial charge on any atom is 0.416 e. The van der Waals surface area contributed by atoms with Gasteiger partial charge in [-0.05, 0) is 31.2 Å². The summed E-state index contributed by atoms with van der Waals surface area (Å²) in [5.41, 5.74) is -0.767. The second kappa shape index (κ2) is 4.97. The lowest BCUT2D eigenvalue weighted by molar-refractivity contribution is -0.137. The minimum absolute atomic E-state index is 0.00737. The van der Waals surface area contributed by atoms with E-state index in [0.717, 1.165) is 25.1 Å². The Morgan fingerprint density at radius 2 is 2.17 bits per heavy atom. The predicted molar refractivity (Wildman–Crippen MR) is 60.2 cm³/mol. The van der Waals surface area contributed by atoms with E-state index in [2.05, 4.69) is 10.6 Å². The van der Waals surface area contributed by atoms with Crippen molar-refractivity contribution in [3.63, 3.8) is 0 Å². The van der Waals surface area contributed by atoms with Crippen LogP contribution >= 0.6 is 0 Å². The number of amides is 1. The molecule has 2 rings (SSSR count). The molecule has 6 heteroatoms.